The molecule has 0 aromatic rings. The smallest absolute Gasteiger partial charge is 0.199 e. The van der Waals surface area contributed by atoms with Crippen LogP contribution in [0.5, 0.6) is 0 Å². The summed E-state index contributed by atoms with van der Waals surface area (Å²) < 4.78 is 11.5. The van der Waals surface area contributed by atoms with Gasteiger partial charge in [0.05, 0.1) is 0 Å². The lowest BCUT2D eigenvalue weighted by Crippen LogP contribution is -2.42. The van der Waals surface area contributed by atoms with Crippen molar-refractivity contribution < 1.29 is 8.85 Å². The van der Waals surface area contributed by atoms with Crippen LogP contribution in [0.1, 0.15) is 26.7 Å². The molecule has 0 aliphatic heterocycles. The van der Waals surface area contributed by atoms with Crippen LogP contribution in [0, 0.1) is 0 Å². The van der Waals surface area contributed by atoms with Gasteiger partial charge >= 0.3 is 0 Å². The minimum absolute atomic E-state index is 0.653. The molecule has 7 heteroatoms. The first-order valence-electron chi connectivity index (χ1n) is 6.84. The maximum atomic E-state index is 5.74. The quantitative estimate of drug-likeness (QED) is 0.385. The Labute approximate surface area is 133 Å². The first kappa shape index (κ1) is 20.4. The lowest BCUT2D eigenvalue weighted by atomic mass is 10.6. The van der Waals surface area contributed by atoms with Gasteiger partial charge in [-0.05, 0) is 48.9 Å². The minimum Gasteiger partial charge on any atom is -0.419 e. The highest BCUT2D eigenvalue weighted by Crippen LogP contribution is 2.46. The van der Waals surface area contributed by atoms with Gasteiger partial charge in [-0.1, -0.05) is 35.4 Å². The fourth-order valence-electron chi connectivity index (χ4n) is 1.73. The molecule has 2 nitrogen and oxygen atoms in total. The average molecular weight is 359 g/mol. The fourth-order valence-corrected chi connectivity index (χ4v) is 17.1. The monoisotopic (exact) mass is 358 g/mol. The van der Waals surface area contributed by atoms with E-state index in [0.717, 1.165) is 0 Å². The molecule has 2 atom stereocenters. The Kier molecular flexibility index (Phi) is 10.1. The molecule has 0 saturated carbocycles. The van der Waals surface area contributed by atoms with Gasteiger partial charge in [0.2, 0.25) is 0 Å². The van der Waals surface area contributed by atoms with Gasteiger partial charge in [0.1, 0.15) is 0 Å². The second-order valence-electron chi connectivity index (χ2n) is 5.67. The van der Waals surface area contributed by atoms with Crippen LogP contribution in [0.15, 0.2) is 0 Å². The van der Waals surface area contributed by atoms with Gasteiger partial charge < -0.3 is 8.85 Å². The van der Waals surface area contributed by atoms with Crippen LogP contribution < -0.4 is 0 Å². The maximum absolute atomic E-state index is 5.74. The molecule has 0 radical (unpaired) electrons. The van der Waals surface area contributed by atoms with Crippen LogP contribution >= 0.6 is 31.4 Å². The summed E-state index contributed by atoms with van der Waals surface area (Å²) in [4.78, 5) is 1.31. The summed E-state index contributed by atoms with van der Waals surface area (Å²) >= 11 is 0. The zero-order valence-corrected chi connectivity index (χ0v) is 18.1. The molecule has 0 fully saturated rings. The van der Waals surface area contributed by atoms with Crippen molar-refractivity contribution in [1.29, 1.82) is 0 Å². The molecule has 0 aliphatic rings. The summed E-state index contributed by atoms with van der Waals surface area (Å²) in [6.07, 6.45) is 2.38. The van der Waals surface area contributed by atoms with Crippen molar-refractivity contribution in [2.24, 2.45) is 0 Å². The second kappa shape index (κ2) is 9.43. The summed E-state index contributed by atoms with van der Waals surface area (Å²) in [6, 6.07) is 0. The normalized spacial score (nSPS) is 16.4. The van der Waals surface area contributed by atoms with Gasteiger partial charge in [-0.2, -0.15) is 0 Å². The zero-order chi connectivity index (χ0) is 15.1. The van der Waals surface area contributed by atoms with E-state index in [4.69, 9.17) is 8.85 Å². The highest BCUT2D eigenvalue weighted by molar-refractivity contribution is 9.09. The van der Waals surface area contributed by atoms with Crippen LogP contribution in [-0.2, 0) is 8.85 Å². The molecular formula is C12H30O2S3Si2. The topological polar surface area (TPSA) is 18.5 Å². The molecule has 0 saturated heterocycles. The standard InChI is InChI=1S/C12H30O2S3Si2/c1-9-11(18(5,6)13-3)15-17-16-12(10-2)19(7,8)14-4/h11-12H,9-10H2,1-8H3. The molecular weight excluding hydrogens is 329 g/mol. The predicted molar refractivity (Wildman–Crippen MR) is 99.9 cm³/mol. The first-order chi connectivity index (χ1) is 8.75. The molecule has 0 bridgehead atoms. The Bertz CT molecular complexity index is 229. The Hall–Kier alpha value is 1.40. The lowest BCUT2D eigenvalue weighted by molar-refractivity contribution is 0.400. The van der Waals surface area contributed by atoms with Crippen molar-refractivity contribution in [3.05, 3.63) is 0 Å². The van der Waals surface area contributed by atoms with Crippen molar-refractivity contribution in [2.75, 3.05) is 14.2 Å². The van der Waals surface area contributed by atoms with Crippen molar-refractivity contribution >= 4 is 48.0 Å². The van der Waals surface area contributed by atoms with Gasteiger partial charge in [-0.15, -0.1) is 0 Å². The van der Waals surface area contributed by atoms with Gasteiger partial charge in [0.15, 0.2) is 16.6 Å². The highest BCUT2D eigenvalue weighted by Gasteiger charge is 2.35. The lowest BCUT2D eigenvalue weighted by Gasteiger charge is -2.31. The van der Waals surface area contributed by atoms with E-state index in [9.17, 15) is 0 Å². The van der Waals surface area contributed by atoms with Crippen molar-refractivity contribution in [2.45, 2.75) is 62.6 Å². The molecule has 0 aromatic carbocycles. The van der Waals surface area contributed by atoms with E-state index in [-0.39, 0.29) is 0 Å². The molecule has 0 spiro atoms. The third kappa shape index (κ3) is 6.80. The predicted octanol–water partition coefficient (Wildman–Crippen LogP) is 5.35. The van der Waals surface area contributed by atoms with E-state index in [0.29, 0.717) is 9.75 Å². The van der Waals surface area contributed by atoms with Gasteiger partial charge in [-0.3, -0.25) is 0 Å². The van der Waals surface area contributed by atoms with E-state index in [2.05, 4.69) is 40.0 Å². The largest absolute Gasteiger partial charge is 0.419 e. The molecule has 0 rings (SSSR count). The van der Waals surface area contributed by atoms with Crippen LogP contribution in [0.25, 0.3) is 0 Å². The van der Waals surface area contributed by atoms with Crippen molar-refractivity contribution in [3.8, 4) is 0 Å². The van der Waals surface area contributed by atoms with E-state index < -0.39 is 16.6 Å². The van der Waals surface area contributed by atoms with Crippen molar-refractivity contribution in [3.63, 3.8) is 0 Å². The van der Waals surface area contributed by atoms with Gasteiger partial charge in [0.25, 0.3) is 0 Å². The van der Waals surface area contributed by atoms with Crippen LogP contribution in [-0.4, -0.2) is 40.6 Å². The second-order valence-corrected chi connectivity index (χ2v) is 19.6. The summed E-state index contributed by atoms with van der Waals surface area (Å²) in [7, 11) is 6.62. The fraction of sp³-hybridized carbons (Fsp3) is 1.00. The Morgan fingerprint density at radius 3 is 1.32 bits per heavy atom. The summed E-state index contributed by atoms with van der Waals surface area (Å²) in [5.41, 5.74) is 0. The highest BCUT2D eigenvalue weighted by atomic mass is 33.5. The molecule has 116 valence electrons. The van der Waals surface area contributed by atoms with Crippen LogP contribution in [0.3, 0.4) is 0 Å². The Morgan fingerprint density at radius 1 is 0.789 bits per heavy atom. The molecule has 2 unspecified atom stereocenters. The summed E-state index contributed by atoms with van der Waals surface area (Å²) in [5.74, 6) is 0. The average Bonchev–Trinajstić information content (AvgIpc) is 2.38. The number of hydrogen-bond acceptors (Lipinski definition) is 5. The molecule has 0 aromatic heterocycles. The molecule has 0 amide bonds. The first-order valence-corrected chi connectivity index (χ1v) is 16.4. The number of rotatable bonds is 10. The SMILES string of the molecule is CCC(SSSC(CC)[Si](C)(C)OC)[Si](C)(C)OC. The molecule has 0 N–H and O–H groups in total. The summed E-state index contributed by atoms with van der Waals surface area (Å²) in [6.45, 7) is 13.8. The van der Waals surface area contributed by atoms with Gasteiger partial charge in [0, 0.05) is 24.0 Å². The molecule has 0 aliphatic carbocycles. The maximum Gasteiger partial charge on any atom is 0.199 e. The van der Waals surface area contributed by atoms with Crippen molar-refractivity contribution in [1.82, 2.24) is 0 Å². The third-order valence-electron chi connectivity index (χ3n) is 3.66. The zero-order valence-electron chi connectivity index (χ0n) is 13.6. The van der Waals surface area contributed by atoms with E-state index in [1.54, 1.807) is 0 Å². The summed E-state index contributed by atoms with van der Waals surface area (Å²) in [5, 5.41) is 0. The third-order valence-corrected chi connectivity index (χ3v) is 19.4. The van der Waals surface area contributed by atoms with E-state index in [1.807, 2.05) is 45.6 Å². The van der Waals surface area contributed by atoms with E-state index >= 15 is 0 Å². The van der Waals surface area contributed by atoms with Gasteiger partial charge in [-0.25, -0.2) is 0 Å². The van der Waals surface area contributed by atoms with Crippen LogP contribution in [0.4, 0.5) is 0 Å². The molecule has 0 heterocycles. The Balaban J connectivity index is 4.33. The minimum atomic E-state index is -1.53. The number of hydrogen-bond donors (Lipinski definition) is 0. The molecule has 19 heavy (non-hydrogen) atoms. The van der Waals surface area contributed by atoms with E-state index in [1.165, 1.54) is 12.8 Å². The Morgan fingerprint density at radius 2 is 1.11 bits per heavy atom. The van der Waals surface area contributed by atoms with Crippen LogP contribution in [0.2, 0.25) is 26.2 Å².